The van der Waals surface area contributed by atoms with Crippen LogP contribution in [0.1, 0.15) is 13.8 Å². The predicted molar refractivity (Wildman–Crippen MR) is 45.9 cm³/mol. The number of carbonyl (C=O) groups is 1. The Morgan fingerprint density at radius 2 is 1.92 bits per heavy atom. The van der Waals surface area contributed by atoms with Gasteiger partial charge in [-0.15, -0.1) is 0 Å². The summed E-state index contributed by atoms with van der Waals surface area (Å²) in [6.07, 6.45) is 0. The molecule has 72 valence electrons. The maximum absolute atomic E-state index is 11.1. The van der Waals surface area contributed by atoms with E-state index in [-0.39, 0.29) is 6.04 Å². The summed E-state index contributed by atoms with van der Waals surface area (Å²) in [5.74, 6) is -1.10. The summed E-state index contributed by atoms with van der Waals surface area (Å²) < 4.78 is 21.0. The highest BCUT2D eigenvalue weighted by Gasteiger charge is 2.17. The lowest BCUT2D eigenvalue weighted by atomic mass is 10.3. The minimum absolute atomic E-state index is 0.0146. The van der Waals surface area contributed by atoms with Crippen molar-refractivity contribution in [1.82, 2.24) is 4.90 Å². The highest BCUT2D eigenvalue weighted by molar-refractivity contribution is 7.89. The van der Waals surface area contributed by atoms with Crippen LogP contribution in [0.5, 0.6) is 0 Å². The summed E-state index contributed by atoms with van der Waals surface area (Å²) in [6, 6.07) is -0.0146. The molecule has 12 heavy (non-hydrogen) atoms. The molecule has 0 aromatic heterocycles. The van der Waals surface area contributed by atoms with E-state index in [9.17, 15) is 13.2 Å². The van der Waals surface area contributed by atoms with Crippen LogP contribution < -0.4 is 5.14 Å². The van der Waals surface area contributed by atoms with E-state index in [0.29, 0.717) is 0 Å². The van der Waals surface area contributed by atoms with Crippen LogP contribution in [0.2, 0.25) is 0 Å². The largest absolute Gasteiger partial charge is 0.342 e. The van der Waals surface area contributed by atoms with Gasteiger partial charge >= 0.3 is 0 Å². The van der Waals surface area contributed by atoms with Crippen LogP contribution in [-0.2, 0) is 14.8 Å². The molecule has 0 fully saturated rings. The first-order valence-corrected chi connectivity index (χ1v) is 5.21. The second kappa shape index (κ2) is 3.86. The molecular formula is C6H14N2O3S. The summed E-state index contributed by atoms with van der Waals surface area (Å²) in [4.78, 5) is 12.4. The van der Waals surface area contributed by atoms with Crippen molar-refractivity contribution in [3.8, 4) is 0 Å². The third kappa shape index (κ3) is 4.30. The minimum atomic E-state index is -3.69. The zero-order chi connectivity index (χ0) is 9.94. The molecule has 2 N–H and O–H groups in total. The highest BCUT2D eigenvalue weighted by Crippen LogP contribution is 1.95. The normalized spacial score (nSPS) is 11.8. The van der Waals surface area contributed by atoms with E-state index in [2.05, 4.69) is 0 Å². The molecule has 5 nitrogen and oxygen atoms in total. The Balaban J connectivity index is 4.25. The molecule has 1 amide bonds. The minimum Gasteiger partial charge on any atom is -0.342 e. The first kappa shape index (κ1) is 11.4. The van der Waals surface area contributed by atoms with E-state index in [4.69, 9.17) is 5.14 Å². The number of rotatable bonds is 3. The average Bonchev–Trinajstić information content (AvgIpc) is 1.82. The lowest BCUT2D eigenvalue weighted by Gasteiger charge is -2.20. The van der Waals surface area contributed by atoms with Crippen LogP contribution in [0.25, 0.3) is 0 Å². The Morgan fingerprint density at radius 3 is 2.17 bits per heavy atom. The van der Waals surface area contributed by atoms with Gasteiger partial charge in [0.2, 0.25) is 15.9 Å². The summed E-state index contributed by atoms with van der Waals surface area (Å²) in [6.45, 7) is 3.59. The van der Waals surface area contributed by atoms with Gasteiger partial charge in [-0.05, 0) is 13.8 Å². The second-order valence-electron chi connectivity index (χ2n) is 2.91. The first-order valence-electron chi connectivity index (χ1n) is 3.50. The van der Waals surface area contributed by atoms with Crippen molar-refractivity contribution in [2.75, 3.05) is 12.8 Å². The third-order valence-corrected chi connectivity index (χ3v) is 2.14. The van der Waals surface area contributed by atoms with Gasteiger partial charge in [0.1, 0.15) is 5.75 Å². The molecular weight excluding hydrogens is 180 g/mol. The molecule has 0 aliphatic carbocycles. The summed E-state index contributed by atoms with van der Waals surface area (Å²) in [5.41, 5.74) is 0. The summed E-state index contributed by atoms with van der Waals surface area (Å²) in [7, 11) is -2.15. The SMILES string of the molecule is CC(C)N(C)C(=O)CS(N)(=O)=O. The van der Waals surface area contributed by atoms with Gasteiger partial charge < -0.3 is 4.90 Å². The number of hydrogen-bond donors (Lipinski definition) is 1. The number of nitrogens with zero attached hydrogens (tertiary/aromatic N) is 1. The number of amides is 1. The Hall–Kier alpha value is -0.620. The van der Waals surface area contributed by atoms with Crippen LogP contribution in [0.3, 0.4) is 0 Å². The lowest BCUT2D eigenvalue weighted by Crippen LogP contribution is -2.38. The molecule has 0 rings (SSSR count). The molecule has 0 aliphatic rings. The van der Waals surface area contributed by atoms with Crippen molar-refractivity contribution in [2.45, 2.75) is 19.9 Å². The van der Waals surface area contributed by atoms with E-state index in [0.717, 1.165) is 0 Å². The molecule has 0 aromatic rings. The standard InChI is InChI=1S/C6H14N2O3S/c1-5(2)8(3)6(9)4-12(7,10)11/h5H,4H2,1-3H3,(H2,7,10,11). The predicted octanol–water partition coefficient (Wildman–Crippen LogP) is -0.858. The van der Waals surface area contributed by atoms with Gasteiger partial charge in [0.15, 0.2) is 0 Å². The van der Waals surface area contributed by atoms with Crippen LogP contribution in [0.15, 0.2) is 0 Å². The Labute approximate surface area is 72.6 Å². The average molecular weight is 194 g/mol. The van der Waals surface area contributed by atoms with Gasteiger partial charge in [-0.1, -0.05) is 0 Å². The quantitative estimate of drug-likeness (QED) is 0.635. The van der Waals surface area contributed by atoms with Crippen LogP contribution in [0, 0.1) is 0 Å². The number of primary sulfonamides is 1. The van der Waals surface area contributed by atoms with E-state index in [1.165, 1.54) is 11.9 Å². The van der Waals surface area contributed by atoms with Crippen molar-refractivity contribution in [2.24, 2.45) is 5.14 Å². The zero-order valence-corrected chi connectivity index (χ0v) is 8.26. The van der Waals surface area contributed by atoms with Crippen molar-refractivity contribution >= 4 is 15.9 Å². The monoisotopic (exact) mass is 194 g/mol. The molecule has 0 saturated carbocycles. The zero-order valence-electron chi connectivity index (χ0n) is 7.44. The summed E-state index contributed by atoms with van der Waals surface area (Å²) >= 11 is 0. The molecule has 0 saturated heterocycles. The highest BCUT2D eigenvalue weighted by atomic mass is 32.2. The van der Waals surface area contributed by atoms with Gasteiger partial charge in [0.05, 0.1) is 0 Å². The van der Waals surface area contributed by atoms with Crippen LogP contribution >= 0.6 is 0 Å². The third-order valence-electron chi connectivity index (χ3n) is 1.49. The maximum Gasteiger partial charge on any atom is 0.239 e. The Kier molecular flexibility index (Phi) is 3.66. The molecule has 0 atom stereocenters. The smallest absolute Gasteiger partial charge is 0.239 e. The maximum atomic E-state index is 11.1. The lowest BCUT2D eigenvalue weighted by molar-refractivity contribution is -0.128. The molecule has 0 bridgehead atoms. The van der Waals surface area contributed by atoms with E-state index in [1.54, 1.807) is 13.8 Å². The number of carbonyl (C=O) groups excluding carboxylic acids is 1. The van der Waals surface area contributed by atoms with Crippen LogP contribution in [0.4, 0.5) is 0 Å². The molecule has 6 heteroatoms. The Bertz CT molecular complexity index is 258. The second-order valence-corrected chi connectivity index (χ2v) is 4.52. The number of sulfonamides is 1. The van der Waals surface area contributed by atoms with Gasteiger partial charge in [0, 0.05) is 13.1 Å². The first-order chi connectivity index (χ1) is 5.24. The van der Waals surface area contributed by atoms with Crippen molar-refractivity contribution in [1.29, 1.82) is 0 Å². The van der Waals surface area contributed by atoms with Crippen molar-refractivity contribution in [3.05, 3.63) is 0 Å². The molecule has 0 radical (unpaired) electrons. The van der Waals surface area contributed by atoms with E-state index < -0.39 is 21.7 Å². The fourth-order valence-electron chi connectivity index (χ4n) is 0.562. The van der Waals surface area contributed by atoms with Gasteiger partial charge in [-0.3, -0.25) is 4.79 Å². The number of nitrogens with two attached hydrogens (primary N) is 1. The number of hydrogen-bond acceptors (Lipinski definition) is 3. The van der Waals surface area contributed by atoms with Crippen LogP contribution in [-0.4, -0.2) is 38.1 Å². The van der Waals surface area contributed by atoms with Gasteiger partial charge in [0.25, 0.3) is 0 Å². The molecule has 0 heterocycles. The van der Waals surface area contributed by atoms with Crippen molar-refractivity contribution < 1.29 is 13.2 Å². The Morgan fingerprint density at radius 1 is 1.50 bits per heavy atom. The fraction of sp³-hybridized carbons (Fsp3) is 0.833. The van der Waals surface area contributed by atoms with Gasteiger partial charge in [-0.25, -0.2) is 13.6 Å². The topological polar surface area (TPSA) is 80.5 Å². The van der Waals surface area contributed by atoms with Crippen molar-refractivity contribution in [3.63, 3.8) is 0 Å². The fourth-order valence-corrected chi connectivity index (χ4v) is 1.11. The van der Waals surface area contributed by atoms with E-state index >= 15 is 0 Å². The van der Waals surface area contributed by atoms with E-state index in [1.807, 2.05) is 0 Å². The molecule has 0 aliphatic heterocycles. The molecule has 0 spiro atoms. The molecule has 0 unspecified atom stereocenters. The molecule has 0 aromatic carbocycles. The summed E-state index contributed by atoms with van der Waals surface area (Å²) in [5, 5.41) is 4.70. The van der Waals surface area contributed by atoms with Gasteiger partial charge in [-0.2, -0.15) is 0 Å².